The normalized spacial score (nSPS) is 13.0. The van der Waals surface area contributed by atoms with E-state index in [9.17, 15) is 0 Å². The number of anilines is 1. The lowest BCUT2D eigenvalue weighted by Crippen LogP contribution is -2.77. The fraction of sp³-hybridized carbons (Fsp3) is 0.273. The molecule has 0 amide bonds. The molecule has 0 bridgehead atoms. The third-order valence-electron chi connectivity index (χ3n) is 5.44. The number of aromatic nitrogens is 5. The molecule has 7 nitrogen and oxygen atoms in total. The fourth-order valence-corrected chi connectivity index (χ4v) is 5.00. The summed E-state index contributed by atoms with van der Waals surface area (Å²) in [5.41, 5.74) is 13.6. The lowest BCUT2D eigenvalue weighted by Gasteiger charge is -2.09. The summed E-state index contributed by atoms with van der Waals surface area (Å²) in [5, 5.41) is 7.82. The molecule has 8 heteroatoms. The van der Waals surface area contributed by atoms with Crippen molar-refractivity contribution < 1.29 is 5.32 Å². The summed E-state index contributed by atoms with van der Waals surface area (Å²) in [6.45, 7) is 5.14. The van der Waals surface area contributed by atoms with Crippen molar-refractivity contribution >= 4 is 22.3 Å². The molecular weight excluding hydrogens is 394 g/mol. The monoisotopic (exact) mass is 418 g/mol. The lowest BCUT2D eigenvalue weighted by molar-refractivity contribution is -0.571. The zero-order valence-corrected chi connectivity index (χ0v) is 17.9. The average molecular weight is 419 g/mol. The minimum atomic E-state index is 0.606. The van der Waals surface area contributed by atoms with E-state index < -0.39 is 0 Å². The molecule has 1 aliphatic carbocycles. The first-order valence-electron chi connectivity index (χ1n) is 10.2. The van der Waals surface area contributed by atoms with E-state index in [1.54, 1.807) is 11.3 Å². The highest BCUT2D eigenvalue weighted by molar-refractivity contribution is 7.18. The third kappa shape index (κ3) is 3.18. The van der Waals surface area contributed by atoms with Crippen molar-refractivity contribution in [2.75, 3.05) is 12.3 Å². The van der Waals surface area contributed by atoms with Gasteiger partial charge < -0.3 is 5.73 Å². The molecule has 0 saturated heterocycles. The van der Waals surface area contributed by atoms with Gasteiger partial charge in [0.15, 0.2) is 5.13 Å². The Hall–Kier alpha value is -3.10. The van der Waals surface area contributed by atoms with Crippen LogP contribution in [0.4, 0.5) is 10.9 Å². The number of fused-ring (bicyclic) bond motifs is 3. The molecule has 4 N–H and O–H groups in total. The number of nitrogens with two attached hydrogens (primary N) is 2. The molecule has 4 aromatic rings. The van der Waals surface area contributed by atoms with E-state index in [0.29, 0.717) is 5.13 Å². The lowest BCUT2D eigenvalue weighted by atomic mass is 10.0. The van der Waals surface area contributed by atoms with Gasteiger partial charge in [0.05, 0.1) is 34.2 Å². The van der Waals surface area contributed by atoms with Crippen molar-refractivity contribution in [1.29, 1.82) is 0 Å². The first-order valence-corrected chi connectivity index (χ1v) is 11.1. The molecule has 0 atom stereocenters. The van der Waals surface area contributed by atoms with Gasteiger partial charge in [-0.15, -0.1) is 0 Å². The Morgan fingerprint density at radius 2 is 2.10 bits per heavy atom. The van der Waals surface area contributed by atoms with Crippen LogP contribution in [-0.4, -0.2) is 31.3 Å². The second-order valence-electron chi connectivity index (χ2n) is 7.52. The topological polar surface area (TPSA) is 99.1 Å². The van der Waals surface area contributed by atoms with Gasteiger partial charge in [0.1, 0.15) is 0 Å². The van der Waals surface area contributed by atoms with Crippen LogP contribution in [0, 0.1) is 6.92 Å². The van der Waals surface area contributed by atoms with E-state index >= 15 is 0 Å². The molecule has 0 saturated carbocycles. The molecule has 0 spiro atoms. The maximum absolute atomic E-state index is 6.10. The van der Waals surface area contributed by atoms with Gasteiger partial charge in [-0.05, 0) is 50.8 Å². The van der Waals surface area contributed by atoms with Gasteiger partial charge in [0.2, 0.25) is 5.82 Å². The molecule has 4 aromatic heterocycles. The number of nitrogens with zero attached hydrogens (tertiary/aromatic N) is 5. The van der Waals surface area contributed by atoms with E-state index in [2.05, 4.69) is 50.9 Å². The predicted octanol–water partition coefficient (Wildman–Crippen LogP) is 3.05. The van der Waals surface area contributed by atoms with Crippen molar-refractivity contribution in [3.63, 3.8) is 0 Å². The van der Waals surface area contributed by atoms with Crippen molar-refractivity contribution in [1.82, 2.24) is 24.7 Å². The molecule has 0 fully saturated rings. The van der Waals surface area contributed by atoms with Crippen LogP contribution in [0.25, 0.3) is 27.5 Å². The molecule has 0 radical (unpaired) electrons. The van der Waals surface area contributed by atoms with Crippen LogP contribution in [0.2, 0.25) is 0 Å². The smallest absolute Gasteiger partial charge is 0.224 e. The molecule has 152 valence electrons. The van der Waals surface area contributed by atoms with Crippen LogP contribution in [0.15, 0.2) is 36.8 Å². The number of aryl methyl sites for hydroxylation is 2. The highest BCUT2D eigenvalue weighted by Crippen LogP contribution is 2.42. The van der Waals surface area contributed by atoms with Crippen LogP contribution in [0.1, 0.15) is 30.2 Å². The standard InChI is InChI=1S/C22H23N7S/c1-3-25-18-8-7-14(12-26-18)19-15-5-4-6-16-21(30-22(23)27-16)20(15)29(28-19)17-9-10-24-11-13(17)2/h7-12H,3-6H2,1-2H3,(H2,23,27)(H,25,26)/p+1. The van der Waals surface area contributed by atoms with Gasteiger partial charge in [0, 0.05) is 35.8 Å². The molecule has 5 rings (SSSR count). The highest BCUT2D eigenvalue weighted by Gasteiger charge is 2.28. The highest BCUT2D eigenvalue weighted by atomic mass is 32.1. The summed E-state index contributed by atoms with van der Waals surface area (Å²) in [5.74, 6) is 0.995. The summed E-state index contributed by atoms with van der Waals surface area (Å²) >= 11 is 1.55. The third-order valence-corrected chi connectivity index (χ3v) is 6.38. The zero-order chi connectivity index (χ0) is 20.7. The van der Waals surface area contributed by atoms with E-state index in [1.165, 1.54) is 5.56 Å². The minimum absolute atomic E-state index is 0.606. The van der Waals surface area contributed by atoms with Crippen LogP contribution >= 0.6 is 11.3 Å². The predicted molar refractivity (Wildman–Crippen MR) is 119 cm³/mol. The summed E-state index contributed by atoms with van der Waals surface area (Å²) in [6.07, 6.45) is 8.51. The van der Waals surface area contributed by atoms with E-state index in [-0.39, 0.29) is 0 Å². The maximum atomic E-state index is 6.10. The Morgan fingerprint density at radius 3 is 2.87 bits per heavy atom. The second-order valence-corrected chi connectivity index (χ2v) is 8.55. The molecule has 30 heavy (non-hydrogen) atoms. The van der Waals surface area contributed by atoms with Crippen LogP contribution < -0.4 is 11.1 Å². The average Bonchev–Trinajstić information content (AvgIpc) is 3.24. The van der Waals surface area contributed by atoms with Crippen LogP contribution in [0.5, 0.6) is 0 Å². The van der Waals surface area contributed by atoms with Gasteiger partial charge in [0.25, 0.3) is 0 Å². The van der Waals surface area contributed by atoms with Gasteiger partial charge in [-0.3, -0.25) is 10.3 Å². The Balaban J connectivity index is 1.75. The van der Waals surface area contributed by atoms with Crippen LogP contribution in [-0.2, 0) is 12.8 Å². The van der Waals surface area contributed by atoms with Gasteiger partial charge >= 0.3 is 0 Å². The Bertz CT molecular complexity index is 1210. The number of rotatable bonds is 4. The SMILES string of the molecule is CC[NH2+]c1ccc(-c2nn(-c3ccncc3C)c3c2CCCc2nc(N)sc2-3)cn1. The van der Waals surface area contributed by atoms with Crippen molar-refractivity contribution in [2.45, 2.75) is 33.1 Å². The van der Waals surface area contributed by atoms with E-state index in [1.807, 2.05) is 24.7 Å². The van der Waals surface area contributed by atoms with E-state index in [4.69, 9.17) is 10.8 Å². The summed E-state index contributed by atoms with van der Waals surface area (Å²) in [4.78, 5) is 14.6. The summed E-state index contributed by atoms with van der Waals surface area (Å²) in [6, 6.07) is 6.20. The largest absolute Gasteiger partial charge is 0.375 e. The molecule has 4 heterocycles. The fourth-order valence-electron chi connectivity index (χ4n) is 4.06. The number of quaternary nitrogens is 1. The first-order chi connectivity index (χ1) is 14.7. The number of nitrogen functional groups attached to an aromatic ring is 1. The van der Waals surface area contributed by atoms with Gasteiger partial charge in [-0.2, -0.15) is 5.10 Å². The van der Waals surface area contributed by atoms with Gasteiger partial charge in [-0.1, -0.05) is 11.3 Å². The van der Waals surface area contributed by atoms with Crippen LogP contribution in [0.3, 0.4) is 0 Å². The molecule has 0 unspecified atom stereocenters. The number of pyridine rings is 2. The minimum Gasteiger partial charge on any atom is -0.375 e. The summed E-state index contributed by atoms with van der Waals surface area (Å²) in [7, 11) is 0. The van der Waals surface area contributed by atoms with E-state index in [0.717, 1.165) is 70.4 Å². The molecule has 1 aliphatic rings. The quantitative estimate of drug-likeness (QED) is 0.531. The maximum Gasteiger partial charge on any atom is 0.224 e. The second kappa shape index (κ2) is 7.62. The molecule has 0 aromatic carbocycles. The van der Waals surface area contributed by atoms with Crippen molar-refractivity contribution in [3.05, 3.63) is 53.6 Å². The Morgan fingerprint density at radius 1 is 1.20 bits per heavy atom. The molecular formula is C22H24N7S+. The number of thiazole rings is 1. The summed E-state index contributed by atoms with van der Waals surface area (Å²) < 4.78 is 2.05. The van der Waals surface area contributed by atoms with Crippen molar-refractivity contribution in [3.8, 4) is 27.5 Å². The number of hydrogen-bond acceptors (Lipinski definition) is 6. The van der Waals surface area contributed by atoms with Crippen molar-refractivity contribution in [2.24, 2.45) is 0 Å². The number of hydrogen-bond donors (Lipinski definition) is 2. The van der Waals surface area contributed by atoms with Gasteiger partial charge in [-0.25, -0.2) is 14.6 Å². The Labute approximate surface area is 179 Å². The first kappa shape index (κ1) is 18.9. The molecule has 0 aliphatic heterocycles. The Kier molecular flexibility index (Phi) is 4.80. The zero-order valence-electron chi connectivity index (χ0n) is 17.1.